The van der Waals surface area contributed by atoms with Gasteiger partial charge in [-0.3, -0.25) is 4.79 Å². The van der Waals surface area contributed by atoms with Crippen LogP contribution in [0.15, 0.2) is 12.2 Å². The maximum atomic E-state index is 10.0. The second-order valence-corrected chi connectivity index (χ2v) is 4.36. The van der Waals surface area contributed by atoms with Crippen molar-refractivity contribution in [2.45, 2.75) is 57.0 Å². The molecule has 5 N–H and O–H groups in total. The summed E-state index contributed by atoms with van der Waals surface area (Å²) in [5, 5.41) is 35.7. The number of aliphatic hydroxyl groups is 3. The highest BCUT2D eigenvalue weighted by Crippen LogP contribution is 2.11. The molecule has 0 heterocycles. The number of hydrogen-bond acceptors (Lipinski definition) is 4. The first kappa shape index (κ1) is 16.2. The molecule has 0 aromatic rings. The zero-order chi connectivity index (χ0) is 13.3. The molecular formula is C12H23O5+. The normalized spacial score (nSPS) is 18.9. The van der Waals surface area contributed by atoms with Crippen molar-refractivity contribution in [3.05, 3.63) is 12.2 Å². The fourth-order valence-corrected chi connectivity index (χ4v) is 1.62. The third-order valence-corrected chi connectivity index (χ3v) is 2.35. The molecule has 0 aromatic heterocycles. The van der Waals surface area contributed by atoms with Gasteiger partial charge in [0, 0.05) is 12.8 Å². The summed E-state index contributed by atoms with van der Waals surface area (Å²) in [6.07, 6.45) is 2.03. The number of allylic oxidation sites excluding steroid dienone is 1. The Bertz CT molecular complexity index is 227. The van der Waals surface area contributed by atoms with Gasteiger partial charge < -0.3 is 20.4 Å². The van der Waals surface area contributed by atoms with Gasteiger partial charge in [0.25, 0.3) is 0 Å². The molecule has 0 saturated heterocycles. The van der Waals surface area contributed by atoms with Crippen molar-refractivity contribution in [2.24, 2.45) is 0 Å². The molecule has 0 aliphatic carbocycles. The second kappa shape index (κ2) is 9.30. The molecule has 17 heavy (non-hydrogen) atoms. The first-order chi connectivity index (χ1) is 7.95. The van der Waals surface area contributed by atoms with Gasteiger partial charge in [-0.25, -0.2) is 0 Å². The van der Waals surface area contributed by atoms with Crippen molar-refractivity contribution in [2.75, 3.05) is 0 Å². The SMILES string of the molecule is CC(O)CC(O)CC(O)CC([OH2+])C/C=C\C=O. The maximum Gasteiger partial charge on any atom is 0.159 e. The Labute approximate surface area is 101 Å². The van der Waals surface area contributed by atoms with Crippen LogP contribution in [0.2, 0.25) is 0 Å². The summed E-state index contributed by atoms with van der Waals surface area (Å²) in [7, 11) is 0. The first-order valence-electron chi connectivity index (χ1n) is 5.81. The van der Waals surface area contributed by atoms with Crippen LogP contribution >= 0.6 is 0 Å². The van der Waals surface area contributed by atoms with Gasteiger partial charge in [-0.15, -0.1) is 0 Å². The molecular weight excluding hydrogens is 224 g/mol. The van der Waals surface area contributed by atoms with E-state index in [9.17, 15) is 15.0 Å². The quantitative estimate of drug-likeness (QED) is 0.290. The average molecular weight is 247 g/mol. The van der Waals surface area contributed by atoms with Crippen LogP contribution < -0.4 is 0 Å². The van der Waals surface area contributed by atoms with Crippen molar-refractivity contribution >= 4 is 6.29 Å². The number of hydrogen-bond donors (Lipinski definition) is 3. The minimum Gasteiger partial charge on any atom is -0.443 e. The summed E-state index contributed by atoms with van der Waals surface area (Å²) in [5.41, 5.74) is 0. The second-order valence-electron chi connectivity index (χ2n) is 4.36. The van der Waals surface area contributed by atoms with Crippen molar-refractivity contribution in [3.63, 3.8) is 0 Å². The molecule has 0 bridgehead atoms. The number of aldehydes is 1. The van der Waals surface area contributed by atoms with Crippen LogP contribution in [-0.2, 0) is 4.79 Å². The molecule has 4 atom stereocenters. The summed E-state index contributed by atoms with van der Waals surface area (Å²) in [6, 6.07) is 0. The average Bonchev–Trinajstić information content (AvgIpc) is 2.15. The molecule has 100 valence electrons. The fourth-order valence-electron chi connectivity index (χ4n) is 1.62. The van der Waals surface area contributed by atoms with Crippen LogP contribution in [0, 0.1) is 0 Å². The summed E-state index contributed by atoms with van der Waals surface area (Å²) in [6.45, 7) is 1.58. The van der Waals surface area contributed by atoms with Crippen LogP contribution in [0.25, 0.3) is 0 Å². The van der Waals surface area contributed by atoms with Crippen LogP contribution in [0.5, 0.6) is 0 Å². The standard InChI is InChI=1S/C12H22O5/c1-9(14)6-11(16)8-12(17)7-10(15)4-2-3-5-13/h2-3,5,9-12,14-17H,4,6-8H2,1H3/p+1/b3-2-. The Morgan fingerprint density at radius 3 is 2.24 bits per heavy atom. The molecule has 0 amide bonds. The van der Waals surface area contributed by atoms with Crippen LogP contribution in [0.3, 0.4) is 0 Å². The van der Waals surface area contributed by atoms with Crippen molar-refractivity contribution in [1.82, 2.24) is 0 Å². The van der Waals surface area contributed by atoms with E-state index in [0.717, 1.165) is 0 Å². The van der Waals surface area contributed by atoms with E-state index < -0.39 is 24.4 Å². The number of rotatable bonds is 9. The minimum absolute atomic E-state index is 0.164. The predicted octanol–water partition coefficient (Wildman–Crippen LogP) is -0.502. The molecule has 0 fully saturated rings. The lowest BCUT2D eigenvalue weighted by molar-refractivity contribution is -0.104. The van der Waals surface area contributed by atoms with Crippen molar-refractivity contribution in [1.29, 1.82) is 0 Å². The first-order valence-corrected chi connectivity index (χ1v) is 5.81. The molecule has 0 aliphatic rings. The lowest BCUT2D eigenvalue weighted by Gasteiger charge is -2.17. The van der Waals surface area contributed by atoms with E-state index in [2.05, 4.69) is 0 Å². The predicted molar refractivity (Wildman–Crippen MR) is 64.8 cm³/mol. The van der Waals surface area contributed by atoms with Gasteiger partial charge in [-0.1, -0.05) is 6.08 Å². The Hall–Kier alpha value is -0.750. The highest BCUT2D eigenvalue weighted by atomic mass is 16.3. The number of carbonyl (C=O) groups is 1. The number of carbonyl (C=O) groups excluding carboxylic acids is 1. The van der Waals surface area contributed by atoms with Crippen LogP contribution in [-0.4, -0.2) is 51.1 Å². The van der Waals surface area contributed by atoms with Gasteiger partial charge in [-0.2, -0.15) is 0 Å². The van der Waals surface area contributed by atoms with Crippen molar-refractivity contribution < 1.29 is 25.2 Å². The Balaban J connectivity index is 3.79. The maximum absolute atomic E-state index is 10.0. The Morgan fingerprint density at radius 2 is 1.71 bits per heavy atom. The summed E-state index contributed by atoms with van der Waals surface area (Å²) in [5.74, 6) is 0. The molecule has 5 nitrogen and oxygen atoms in total. The lowest BCUT2D eigenvalue weighted by Crippen LogP contribution is -2.24. The van der Waals surface area contributed by atoms with E-state index in [0.29, 0.717) is 12.7 Å². The highest BCUT2D eigenvalue weighted by Gasteiger charge is 2.18. The molecule has 0 saturated carbocycles. The molecule has 5 heteroatoms. The van der Waals surface area contributed by atoms with Gasteiger partial charge >= 0.3 is 0 Å². The lowest BCUT2D eigenvalue weighted by atomic mass is 10.0. The van der Waals surface area contributed by atoms with E-state index in [1.807, 2.05) is 0 Å². The summed E-state index contributed by atoms with van der Waals surface area (Å²) >= 11 is 0. The smallest absolute Gasteiger partial charge is 0.159 e. The Kier molecular flexibility index (Phi) is 8.89. The molecule has 0 spiro atoms. The molecule has 0 radical (unpaired) electrons. The molecule has 4 unspecified atom stereocenters. The molecule has 0 aliphatic heterocycles. The summed E-state index contributed by atoms with van der Waals surface area (Å²) in [4.78, 5) is 10.0. The number of aliphatic hydroxyl groups excluding tert-OH is 3. The van der Waals surface area contributed by atoms with E-state index >= 15 is 0 Å². The Morgan fingerprint density at radius 1 is 1.12 bits per heavy atom. The van der Waals surface area contributed by atoms with E-state index in [1.54, 1.807) is 13.0 Å². The highest BCUT2D eigenvalue weighted by molar-refractivity contribution is 5.64. The third kappa shape index (κ3) is 10.1. The van der Waals surface area contributed by atoms with Crippen LogP contribution in [0.4, 0.5) is 0 Å². The van der Waals surface area contributed by atoms with Gasteiger partial charge in [-0.05, 0) is 25.8 Å². The van der Waals surface area contributed by atoms with E-state index in [-0.39, 0.29) is 19.3 Å². The van der Waals surface area contributed by atoms with Gasteiger partial charge in [0.2, 0.25) is 0 Å². The van der Waals surface area contributed by atoms with Gasteiger partial charge in [0.1, 0.15) is 6.29 Å². The fraction of sp³-hybridized carbons (Fsp3) is 0.750. The van der Waals surface area contributed by atoms with Crippen LogP contribution in [0.1, 0.15) is 32.6 Å². The zero-order valence-corrected chi connectivity index (χ0v) is 10.1. The zero-order valence-electron chi connectivity index (χ0n) is 10.1. The molecule has 0 rings (SSSR count). The summed E-state index contributed by atoms with van der Waals surface area (Å²) < 4.78 is 0. The topological polar surface area (TPSA) is 101 Å². The van der Waals surface area contributed by atoms with E-state index in [1.165, 1.54) is 6.08 Å². The monoisotopic (exact) mass is 247 g/mol. The third-order valence-electron chi connectivity index (χ3n) is 2.35. The van der Waals surface area contributed by atoms with E-state index in [4.69, 9.17) is 10.2 Å². The van der Waals surface area contributed by atoms with Crippen molar-refractivity contribution in [3.8, 4) is 0 Å². The van der Waals surface area contributed by atoms with Gasteiger partial charge in [0.15, 0.2) is 6.10 Å². The largest absolute Gasteiger partial charge is 0.443 e. The minimum atomic E-state index is -0.754. The molecule has 0 aromatic carbocycles. The van der Waals surface area contributed by atoms with Gasteiger partial charge in [0.05, 0.1) is 18.3 Å².